The van der Waals surface area contributed by atoms with Crippen LogP contribution in [0.4, 0.5) is 5.69 Å². The minimum Gasteiger partial charge on any atom is -0.494 e. The number of nitrogens with zero attached hydrogens (tertiary/aromatic N) is 2. The number of ether oxygens (including phenoxy) is 3. The summed E-state index contributed by atoms with van der Waals surface area (Å²) in [6.07, 6.45) is 0. The molecule has 2 aromatic carbocycles. The van der Waals surface area contributed by atoms with Gasteiger partial charge in [0.2, 0.25) is 0 Å². The third kappa shape index (κ3) is 5.12. The lowest BCUT2D eigenvalue weighted by Crippen LogP contribution is -2.37. The van der Waals surface area contributed by atoms with Crippen molar-refractivity contribution in [2.75, 3.05) is 52.0 Å². The maximum absolute atomic E-state index is 13.7. The number of halogens is 1. The van der Waals surface area contributed by atoms with E-state index in [2.05, 4.69) is 0 Å². The van der Waals surface area contributed by atoms with Gasteiger partial charge in [-0.05, 0) is 36.8 Å². The molecule has 32 heavy (non-hydrogen) atoms. The summed E-state index contributed by atoms with van der Waals surface area (Å²) in [4.78, 5) is 30.3. The third-order valence-electron chi connectivity index (χ3n) is 5.03. The van der Waals surface area contributed by atoms with E-state index in [9.17, 15) is 9.59 Å². The van der Waals surface area contributed by atoms with Gasteiger partial charge in [-0.2, -0.15) is 0 Å². The molecular formula is C24H27ClN2O5. The highest BCUT2D eigenvalue weighted by Crippen LogP contribution is 2.36. The number of rotatable bonds is 11. The molecule has 1 aliphatic rings. The van der Waals surface area contributed by atoms with Gasteiger partial charge < -0.3 is 19.1 Å². The van der Waals surface area contributed by atoms with Gasteiger partial charge in [-0.1, -0.05) is 29.8 Å². The summed E-state index contributed by atoms with van der Waals surface area (Å²) in [5.74, 6) is -0.218. The van der Waals surface area contributed by atoms with E-state index in [0.29, 0.717) is 66.2 Å². The summed E-state index contributed by atoms with van der Waals surface area (Å²) in [5, 5.41) is 0.546. The van der Waals surface area contributed by atoms with Gasteiger partial charge in [-0.15, -0.1) is 0 Å². The number of anilines is 1. The molecule has 7 nitrogen and oxygen atoms in total. The molecule has 0 aliphatic carbocycles. The number of amides is 2. The predicted octanol–water partition coefficient (Wildman–Crippen LogP) is 3.62. The fraction of sp³-hybridized carbons (Fsp3) is 0.333. The van der Waals surface area contributed by atoms with Crippen LogP contribution in [0.2, 0.25) is 5.02 Å². The van der Waals surface area contributed by atoms with E-state index < -0.39 is 11.8 Å². The SMILES string of the molecule is CCOc1cccc(N2C(=O)C(c3ccc(Cl)cc3)=C(N(CCOC)CCOC)C2=O)c1. The average molecular weight is 459 g/mol. The zero-order chi connectivity index (χ0) is 23.1. The molecule has 2 aromatic rings. The zero-order valence-corrected chi connectivity index (χ0v) is 19.2. The number of carbonyl (C=O) groups is 2. The highest BCUT2D eigenvalue weighted by atomic mass is 35.5. The third-order valence-corrected chi connectivity index (χ3v) is 5.28. The predicted molar refractivity (Wildman–Crippen MR) is 124 cm³/mol. The van der Waals surface area contributed by atoms with Crippen LogP contribution in [0.5, 0.6) is 5.75 Å². The molecule has 0 radical (unpaired) electrons. The van der Waals surface area contributed by atoms with Crippen molar-refractivity contribution >= 4 is 34.7 Å². The minimum absolute atomic E-state index is 0.313. The summed E-state index contributed by atoms with van der Waals surface area (Å²) < 4.78 is 16.0. The molecule has 0 saturated carbocycles. The van der Waals surface area contributed by atoms with Crippen molar-refractivity contribution < 1.29 is 23.8 Å². The first kappa shape index (κ1) is 23.8. The van der Waals surface area contributed by atoms with Crippen LogP contribution < -0.4 is 9.64 Å². The van der Waals surface area contributed by atoms with Crippen molar-refractivity contribution in [2.45, 2.75) is 6.92 Å². The number of imide groups is 1. The van der Waals surface area contributed by atoms with Crippen LogP contribution in [-0.4, -0.2) is 63.8 Å². The van der Waals surface area contributed by atoms with Crippen molar-refractivity contribution in [3.05, 3.63) is 64.8 Å². The summed E-state index contributed by atoms with van der Waals surface area (Å²) >= 11 is 6.06. The second kappa shape index (κ2) is 11.1. The Morgan fingerprint density at radius 3 is 2.19 bits per heavy atom. The number of benzene rings is 2. The Balaban J connectivity index is 2.10. The van der Waals surface area contributed by atoms with Crippen LogP contribution in [0.3, 0.4) is 0 Å². The standard InChI is InChI=1S/C24H27ClN2O5/c1-4-32-20-7-5-6-19(16-20)27-23(28)21(17-8-10-18(25)11-9-17)22(24(27)29)26(12-14-30-2)13-15-31-3/h5-11,16H,4,12-15H2,1-3H3. The number of carbonyl (C=O) groups excluding carboxylic acids is 2. The van der Waals surface area contributed by atoms with Crippen LogP contribution in [-0.2, 0) is 19.1 Å². The molecule has 3 rings (SSSR count). The van der Waals surface area contributed by atoms with Crippen molar-refractivity contribution in [1.29, 1.82) is 0 Å². The van der Waals surface area contributed by atoms with E-state index in [1.54, 1.807) is 62.8 Å². The monoisotopic (exact) mass is 458 g/mol. The number of methoxy groups -OCH3 is 2. The molecule has 8 heteroatoms. The second-order valence-electron chi connectivity index (χ2n) is 7.08. The number of hydrogen-bond acceptors (Lipinski definition) is 6. The van der Waals surface area contributed by atoms with Crippen molar-refractivity contribution in [3.8, 4) is 5.75 Å². The van der Waals surface area contributed by atoms with E-state index >= 15 is 0 Å². The van der Waals surface area contributed by atoms with Gasteiger partial charge in [-0.25, -0.2) is 4.90 Å². The normalized spacial score (nSPS) is 13.8. The maximum atomic E-state index is 13.7. The van der Waals surface area contributed by atoms with E-state index in [1.807, 2.05) is 11.8 Å². The molecule has 0 fully saturated rings. The Bertz CT molecular complexity index is 982. The maximum Gasteiger partial charge on any atom is 0.282 e. The lowest BCUT2D eigenvalue weighted by Gasteiger charge is -2.25. The Kier molecular flexibility index (Phi) is 8.27. The molecule has 0 atom stereocenters. The van der Waals surface area contributed by atoms with Gasteiger partial charge in [-0.3, -0.25) is 9.59 Å². The van der Waals surface area contributed by atoms with Crippen molar-refractivity contribution in [3.63, 3.8) is 0 Å². The second-order valence-corrected chi connectivity index (χ2v) is 7.52. The van der Waals surface area contributed by atoms with Gasteiger partial charge in [0.1, 0.15) is 11.4 Å². The fourth-order valence-corrected chi connectivity index (χ4v) is 3.67. The van der Waals surface area contributed by atoms with Crippen LogP contribution in [0.15, 0.2) is 54.2 Å². The van der Waals surface area contributed by atoms with Crippen LogP contribution in [0, 0.1) is 0 Å². The fourth-order valence-electron chi connectivity index (χ4n) is 3.54. The highest BCUT2D eigenvalue weighted by molar-refractivity contribution is 6.45. The Morgan fingerprint density at radius 2 is 1.59 bits per heavy atom. The van der Waals surface area contributed by atoms with Crippen molar-refractivity contribution in [1.82, 2.24) is 4.90 Å². The smallest absolute Gasteiger partial charge is 0.282 e. The largest absolute Gasteiger partial charge is 0.494 e. The first-order valence-electron chi connectivity index (χ1n) is 10.4. The number of hydrogen-bond donors (Lipinski definition) is 0. The van der Waals surface area contributed by atoms with E-state index in [4.69, 9.17) is 25.8 Å². The highest BCUT2D eigenvalue weighted by Gasteiger charge is 2.42. The Morgan fingerprint density at radius 1 is 0.938 bits per heavy atom. The van der Waals surface area contributed by atoms with Crippen LogP contribution in [0.1, 0.15) is 12.5 Å². The van der Waals surface area contributed by atoms with Crippen LogP contribution in [0.25, 0.3) is 5.57 Å². The molecule has 0 aromatic heterocycles. The molecule has 2 amide bonds. The van der Waals surface area contributed by atoms with Gasteiger partial charge in [0.15, 0.2) is 0 Å². The molecule has 170 valence electrons. The topological polar surface area (TPSA) is 68.3 Å². The molecule has 0 spiro atoms. The minimum atomic E-state index is -0.402. The summed E-state index contributed by atoms with van der Waals surface area (Å²) in [5.41, 5.74) is 1.70. The first-order valence-corrected chi connectivity index (χ1v) is 10.7. The Hall–Kier alpha value is -2.87. The van der Waals surface area contributed by atoms with E-state index in [-0.39, 0.29) is 0 Å². The van der Waals surface area contributed by atoms with Crippen molar-refractivity contribution in [2.24, 2.45) is 0 Å². The average Bonchev–Trinajstić information content (AvgIpc) is 3.05. The van der Waals surface area contributed by atoms with Gasteiger partial charge in [0.25, 0.3) is 11.8 Å². The van der Waals surface area contributed by atoms with Gasteiger partial charge in [0, 0.05) is 38.4 Å². The zero-order valence-electron chi connectivity index (χ0n) is 18.5. The summed E-state index contributed by atoms with van der Waals surface area (Å²) in [7, 11) is 3.19. The lowest BCUT2D eigenvalue weighted by atomic mass is 10.0. The van der Waals surface area contributed by atoms with Gasteiger partial charge >= 0.3 is 0 Å². The van der Waals surface area contributed by atoms with Gasteiger partial charge in [0.05, 0.1) is 31.1 Å². The summed E-state index contributed by atoms with van der Waals surface area (Å²) in [6.45, 7) is 3.99. The molecule has 0 bridgehead atoms. The van der Waals surface area contributed by atoms with Crippen LogP contribution >= 0.6 is 11.6 Å². The van der Waals surface area contributed by atoms with E-state index in [1.165, 1.54) is 4.90 Å². The molecule has 0 saturated heterocycles. The molecular weight excluding hydrogens is 432 g/mol. The molecule has 1 aliphatic heterocycles. The van der Waals surface area contributed by atoms with E-state index in [0.717, 1.165) is 0 Å². The molecule has 0 unspecified atom stereocenters. The summed E-state index contributed by atoms with van der Waals surface area (Å²) in [6, 6.07) is 13.8. The first-order chi connectivity index (χ1) is 15.5. The quantitative estimate of drug-likeness (QED) is 0.479. The molecule has 1 heterocycles. The molecule has 0 N–H and O–H groups in total. The lowest BCUT2D eigenvalue weighted by molar-refractivity contribution is -0.120. The Labute approximate surface area is 193 Å².